The number of hydrogen-bond acceptors (Lipinski definition) is 2. The first-order chi connectivity index (χ1) is 10.7. The third kappa shape index (κ3) is 4.63. The zero-order chi connectivity index (χ0) is 17.2. The molecule has 1 amide bonds. The van der Waals surface area contributed by atoms with Gasteiger partial charge in [0.15, 0.2) is 0 Å². The second-order valence-corrected chi connectivity index (χ2v) is 6.37. The third-order valence-corrected chi connectivity index (χ3v) is 4.63. The number of carbonyl (C=O) groups excluding carboxylic acids is 1. The minimum atomic E-state index is -4.38. The van der Waals surface area contributed by atoms with Crippen LogP contribution < -0.4 is 0 Å². The molecule has 1 fully saturated rings. The van der Waals surface area contributed by atoms with Crippen LogP contribution in [0.5, 0.6) is 0 Å². The number of carbonyl (C=O) groups is 1. The van der Waals surface area contributed by atoms with Gasteiger partial charge in [0.2, 0.25) is 0 Å². The van der Waals surface area contributed by atoms with Crippen molar-refractivity contribution in [2.24, 2.45) is 0 Å². The number of amides is 1. The Morgan fingerprint density at radius 1 is 1.00 bits per heavy atom. The van der Waals surface area contributed by atoms with Crippen molar-refractivity contribution < 1.29 is 18.0 Å². The Morgan fingerprint density at radius 3 is 1.96 bits per heavy atom. The lowest BCUT2D eigenvalue weighted by molar-refractivity contribution is -0.137. The van der Waals surface area contributed by atoms with E-state index < -0.39 is 11.7 Å². The minimum absolute atomic E-state index is 0. The number of likely N-dealkylation sites (N-methyl/N-ethyl adjacent to an activating group) is 2. The van der Waals surface area contributed by atoms with Gasteiger partial charge in [0.1, 0.15) is 0 Å². The first-order valence-electron chi connectivity index (χ1n) is 7.82. The van der Waals surface area contributed by atoms with Crippen molar-refractivity contribution in [3.8, 4) is 0 Å². The Kier molecular flexibility index (Phi) is 7.10. The number of halogens is 4. The summed E-state index contributed by atoms with van der Waals surface area (Å²) in [7, 11) is 5.74. The molecule has 0 bridgehead atoms. The summed E-state index contributed by atoms with van der Waals surface area (Å²) in [5, 5.41) is 0. The van der Waals surface area contributed by atoms with Crippen LogP contribution in [0.4, 0.5) is 13.2 Å². The van der Waals surface area contributed by atoms with Gasteiger partial charge in [-0.1, -0.05) is 12.8 Å². The topological polar surface area (TPSA) is 23.6 Å². The monoisotopic (exact) mass is 364 g/mol. The second kappa shape index (κ2) is 8.21. The zero-order valence-electron chi connectivity index (χ0n) is 14.1. The molecular weight excluding hydrogens is 341 g/mol. The van der Waals surface area contributed by atoms with Crippen LogP contribution in [0.2, 0.25) is 0 Å². The Morgan fingerprint density at radius 2 is 1.50 bits per heavy atom. The molecule has 0 aliphatic heterocycles. The van der Waals surface area contributed by atoms with Gasteiger partial charge in [-0.15, -0.1) is 12.4 Å². The first kappa shape index (κ1) is 20.8. The molecule has 1 aromatic rings. The highest BCUT2D eigenvalue weighted by Gasteiger charge is 2.33. The van der Waals surface area contributed by atoms with E-state index in [4.69, 9.17) is 0 Å². The fraction of sp³-hybridized carbons (Fsp3) is 0.588. The van der Waals surface area contributed by atoms with Crippen molar-refractivity contribution in [3.63, 3.8) is 0 Å². The second-order valence-electron chi connectivity index (χ2n) is 6.37. The molecule has 136 valence electrons. The van der Waals surface area contributed by atoms with E-state index in [0.717, 1.165) is 37.8 Å². The van der Waals surface area contributed by atoms with Gasteiger partial charge in [-0.3, -0.25) is 4.79 Å². The predicted octanol–water partition coefficient (Wildman–Crippen LogP) is 4.07. The summed E-state index contributed by atoms with van der Waals surface area (Å²) >= 11 is 0. The average molecular weight is 365 g/mol. The highest BCUT2D eigenvalue weighted by molar-refractivity contribution is 5.94. The molecule has 0 aromatic heterocycles. The van der Waals surface area contributed by atoms with Gasteiger partial charge < -0.3 is 9.80 Å². The summed E-state index contributed by atoms with van der Waals surface area (Å²) in [6.07, 6.45) is -0.220. The van der Waals surface area contributed by atoms with Crippen molar-refractivity contribution in [1.29, 1.82) is 0 Å². The number of rotatable bonds is 3. The zero-order valence-corrected chi connectivity index (χ0v) is 15.0. The molecule has 2 atom stereocenters. The Bertz CT molecular complexity index is 546. The van der Waals surface area contributed by atoms with Gasteiger partial charge in [0, 0.05) is 24.7 Å². The van der Waals surface area contributed by atoms with Crippen molar-refractivity contribution >= 4 is 18.3 Å². The minimum Gasteiger partial charge on any atom is -0.337 e. The molecule has 0 heterocycles. The van der Waals surface area contributed by atoms with Crippen molar-refractivity contribution in [3.05, 3.63) is 35.4 Å². The van der Waals surface area contributed by atoms with E-state index in [0.29, 0.717) is 5.56 Å². The molecule has 1 aliphatic rings. The molecule has 3 nitrogen and oxygen atoms in total. The van der Waals surface area contributed by atoms with Crippen LogP contribution >= 0.6 is 12.4 Å². The van der Waals surface area contributed by atoms with E-state index in [9.17, 15) is 18.0 Å². The molecule has 0 saturated heterocycles. The molecule has 0 spiro atoms. The molecule has 1 aromatic carbocycles. The number of nitrogens with zero attached hydrogens (tertiary/aromatic N) is 2. The molecule has 0 unspecified atom stereocenters. The Labute approximate surface area is 147 Å². The van der Waals surface area contributed by atoms with Crippen LogP contribution in [-0.4, -0.2) is 48.9 Å². The number of alkyl halides is 3. The molecule has 1 saturated carbocycles. The van der Waals surface area contributed by atoms with Gasteiger partial charge in [-0.25, -0.2) is 0 Å². The summed E-state index contributed by atoms with van der Waals surface area (Å²) in [5.74, 6) is -0.225. The predicted molar refractivity (Wildman–Crippen MR) is 90.5 cm³/mol. The summed E-state index contributed by atoms with van der Waals surface area (Å²) in [6, 6.07) is 4.82. The average Bonchev–Trinajstić information content (AvgIpc) is 2.52. The van der Waals surface area contributed by atoms with Crippen molar-refractivity contribution in [2.75, 3.05) is 21.1 Å². The standard InChI is InChI=1S/C17H23F3N2O.ClH/c1-21(2)14-6-4-5-7-15(14)22(3)16(23)12-8-10-13(11-9-12)17(18,19)20;/h8-11,14-15H,4-7H2,1-3H3;1H/t14-,15-;/m1./s1. The Hall–Kier alpha value is -1.27. The van der Waals surface area contributed by atoms with Crippen LogP contribution in [0, 0.1) is 0 Å². The molecule has 1 aliphatic carbocycles. The normalized spacial score (nSPS) is 21.3. The van der Waals surface area contributed by atoms with Crippen LogP contribution in [0.15, 0.2) is 24.3 Å². The smallest absolute Gasteiger partial charge is 0.337 e. The highest BCUT2D eigenvalue weighted by Crippen LogP contribution is 2.30. The van der Waals surface area contributed by atoms with E-state index in [1.807, 2.05) is 14.1 Å². The highest BCUT2D eigenvalue weighted by atomic mass is 35.5. The summed E-state index contributed by atoms with van der Waals surface area (Å²) in [6.45, 7) is 0. The van der Waals surface area contributed by atoms with Gasteiger partial charge in [0.25, 0.3) is 5.91 Å². The lowest BCUT2D eigenvalue weighted by atomic mass is 9.88. The third-order valence-electron chi connectivity index (χ3n) is 4.63. The maximum atomic E-state index is 12.6. The van der Waals surface area contributed by atoms with Crippen molar-refractivity contribution in [2.45, 2.75) is 43.9 Å². The molecule has 0 radical (unpaired) electrons. The van der Waals surface area contributed by atoms with Gasteiger partial charge in [0.05, 0.1) is 5.56 Å². The molecule has 7 heteroatoms. The lowest BCUT2D eigenvalue weighted by Gasteiger charge is -2.41. The largest absolute Gasteiger partial charge is 0.416 e. The number of hydrogen-bond donors (Lipinski definition) is 0. The fourth-order valence-corrected chi connectivity index (χ4v) is 3.30. The van der Waals surface area contributed by atoms with Gasteiger partial charge >= 0.3 is 6.18 Å². The van der Waals surface area contributed by atoms with E-state index in [2.05, 4.69) is 4.90 Å². The summed E-state index contributed by atoms with van der Waals surface area (Å²) in [5.41, 5.74) is -0.441. The van der Waals surface area contributed by atoms with Gasteiger partial charge in [-0.05, 0) is 51.2 Å². The van der Waals surface area contributed by atoms with E-state index >= 15 is 0 Å². The fourth-order valence-electron chi connectivity index (χ4n) is 3.30. The van der Waals surface area contributed by atoms with E-state index in [-0.39, 0.29) is 30.4 Å². The van der Waals surface area contributed by atoms with Crippen LogP contribution in [0.25, 0.3) is 0 Å². The summed E-state index contributed by atoms with van der Waals surface area (Å²) in [4.78, 5) is 16.4. The van der Waals surface area contributed by atoms with Crippen molar-refractivity contribution in [1.82, 2.24) is 9.80 Å². The molecular formula is C17H24ClF3N2O. The molecule has 0 N–H and O–H groups in total. The molecule has 2 rings (SSSR count). The van der Waals surface area contributed by atoms with E-state index in [1.165, 1.54) is 12.1 Å². The maximum Gasteiger partial charge on any atom is 0.416 e. The number of benzene rings is 1. The summed E-state index contributed by atoms with van der Waals surface area (Å²) < 4.78 is 37.8. The maximum absolute atomic E-state index is 12.6. The van der Waals surface area contributed by atoms with Gasteiger partial charge in [-0.2, -0.15) is 13.2 Å². The van der Waals surface area contributed by atoms with E-state index in [1.54, 1.807) is 11.9 Å². The van der Waals surface area contributed by atoms with Crippen LogP contribution in [-0.2, 0) is 6.18 Å². The first-order valence-corrected chi connectivity index (χ1v) is 7.82. The SMILES string of the molecule is CN(C)[C@@H]1CCCC[C@H]1N(C)C(=O)c1ccc(C(F)(F)F)cc1.Cl. The van der Waals surface area contributed by atoms with Crippen LogP contribution in [0.1, 0.15) is 41.6 Å². The van der Waals surface area contributed by atoms with Crippen LogP contribution in [0.3, 0.4) is 0 Å². The lowest BCUT2D eigenvalue weighted by Crippen LogP contribution is -2.51. The quantitative estimate of drug-likeness (QED) is 0.807. The molecule has 24 heavy (non-hydrogen) atoms. The Balaban J connectivity index is 0.00000288.